The monoisotopic (exact) mass is 451 g/mol. The highest BCUT2D eigenvalue weighted by Gasteiger charge is 2.33. The van der Waals surface area contributed by atoms with Crippen LogP contribution in [0.1, 0.15) is 74.1 Å². The van der Waals surface area contributed by atoms with Gasteiger partial charge in [-0.1, -0.05) is 19.3 Å². The molecule has 1 N–H and O–H groups in total. The van der Waals surface area contributed by atoms with E-state index in [-0.39, 0.29) is 40.2 Å². The molecule has 3 aliphatic rings. The van der Waals surface area contributed by atoms with Gasteiger partial charge in [0.25, 0.3) is 5.91 Å². The summed E-state index contributed by atoms with van der Waals surface area (Å²) in [6.45, 7) is 3.64. The maximum atomic E-state index is 12.9. The summed E-state index contributed by atoms with van der Waals surface area (Å²) in [5.74, 6) is 0.325. The molecule has 0 bridgehead atoms. The Hall–Kier alpha value is -1.87. The zero-order chi connectivity index (χ0) is 22.0. The number of amides is 2. The lowest BCUT2D eigenvalue weighted by Crippen LogP contribution is -2.48. The number of nitrogens with zero attached hydrogens (tertiary/aromatic N) is 2. The number of aryl methyl sites for hydroxylation is 1. The van der Waals surface area contributed by atoms with Crippen molar-refractivity contribution in [3.63, 3.8) is 0 Å². The van der Waals surface area contributed by atoms with Crippen LogP contribution >= 0.6 is 0 Å². The molecule has 3 heterocycles. The minimum absolute atomic E-state index is 0.0694. The van der Waals surface area contributed by atoms with E-state index in [0.717, 1.165) is 38.5 Å². The molecule has 0 radical (unpaired) electrons. The average Bonchev–Trinajstić information content (AvgIpc) is 3.45. The van der Waals surface area contributed by atoms with Crippen LogP contribution in [0.3, 0.4) is 0 Å². The second-order valence-corrected chi connectivity index (χ2v) is 11.0. The molecule has 0 spiro atoms. The summed E-state index contributed by atoms with van der Waals surface area (Å²) in [5.41, 5.74) is 0. The molecule has 0 unspecified atom stereocenters. The van der Waals surface area contributed by atoms with Gasteiger partial charge in [0, 0.05) is 44.2 Å². The summed E-state index contributed by atoms with van der Waals surface area (Å²) in [6, 6.07) is 1.46. The van der Waals surface area contributed by atoms with Crippen LogP contribution in [-0.2, 0) is 14.8 Å². The summed E-state index contributed by atoms with van der Waals surface area (Å²) in [5, 5.41) is 3.17. The fourth-order valence-corrected chi connectivity index (χ4v) is 6.64. The molecule has 2 aliphatic heterocycles. The van der Waals surface area contributed by atoms with E-state index in [1.54, 1.807) is 11.8 Å². The molecule has 2 saturated heterocycles. The highest BCUT2D eigenvalue weighted by atomic mass is 32.2. The zero-order valence-electron chi connectivity index (χ0n) is 18.3. The number of hydrogen-bond acceptors (Lipinski definition) is 5. The van der Waals surface area contributed by atoms with Gasteiger partial charge in [-0.05, 0) is 45.4 Å². The van der Waals surface area contributed by atoms with Crippen molar-refractivity contribution in [3.05, 3.63) is 17.6 Å². The largest absolute Gasteiger partial charge is 0.455 e. The molecule has 8 nitrogen and oxygen atoms in total. The van der Waals surface area contributed by atoms with Gasteiger partial charge in [0.2, 0.25) is 15.9 Å². The number of furan rings is 1. The third kappa shape index (κ3) is 4.82. The van der Waals surface area contributed by atoms with Crippen molar-refractivity contribution in [2.75, 3.05) is 26.2 Å². The number of nitrogens with one attached hydrogen (secondary N) is 1. The van der Waals surface area contributed by atoms with Gasteiger partial charge >= 0.3 is 0 Å². The van der Waals surface area contributed by atoms with Crippen LogP contribution in [-0.4, -0.2) is 61.7 Å². The van der Waals surface area contributed by atoms with Gasteiger partial charge in [-0.15, -0.1) is 0 Å². The van der Waals surface area contributed by atoms with Gasteiger partial charge in [-0.25, -0.2) is 8.42 Å². The number of piperidine rings is 1. The highest BCUT2D eigenvalue weighted by molar-refractivity contribution is 7.89. The normalized spacial score (nSPS) is 22.0. The van der Waals surface area contributed by atoms with Crippen LogP contribution in [0.15, 0.2) is 15.4 Å². The maximum absolute atomic E-state index is 12.9. The molecule has 1 aliphatic carbocycles. The number of rotatable bonds is 5. The van der Waals surface area contributed by atoms with E-state index >= 15 is 0 Å². The second kappa shape index (κ2) is 9.32. The molecule has 31 heavy (non-hydrogen) atoms. The molecular weight excluding hydrogens is 418 g/mol. The van der Waals surface area contributed by atoms with E-state index in [9.17, 15) is 18.0 Å². The number of sulfonamides is 1. The Bertz CT molecular complexity index is 906. The first-order valence-electron chi connectivity index (χ1n) is 11.6. The van der Waals surface area contributed by atoms with Crippen LogP contribution in [0.4, 0.5) is 0 Å². The van der Waals surface area contributed by atoms with Crippen molar-refractivity contribution in [3.8, 4) is 0 Å². The average molecular weight is 452 g/mol. The Labute approximate surface area is 184 Å². The molecule has 0 aromatic carbocycles. The Morgan fingerprint density at radius 3 is 2.26 bits per heavy atom. The third-order valence-electron chi connectivity index (χ3n) is 6.87. The van der Waals surface area contributed by atoms with Crippen molar-refractivity contribution in [1.82, 2.24) is 14.5 Å². The van der Waals surface area contributed by atoms with E-state index < -0.39 is 10.0 Å². The van der Waals surface area contributed by atoms with Gasteiger partial charge in [0.05, 0.1) is 0 Å². The summed E-state index contributed by atoms with van der Waals surface area (Å²) < 4.78 is 32.7. The predicted octanol–water partition coefficient (Wildman–Crippen LogP) is 2.67. The Morgan fingerprint density at radius 2 is 1.61 bits per heavy atom. The lowest BCUT2D eigenvalue weighted by Gasteiger charge is -2.33. The SMILES string of the molecule is Cc1oc(C(=O)N2CCC(NC(=O)C3CCCCC3)CC2)cc1S(=O)(=O)N1CCCC1. The number of likely N-dealkylation sites (tertiary alicyclic amines) is 1. The van der Waals surface area contributed by atoms with E-state index in [0.29, 0.717) is 39.0 Å². The minimum Gasteiger partial charge on any atom is -0.455 e. The van der Waals surface area contributed by atoms with E-state index in [4.69, 9.17) is 4.42 Å². The van der Waals surface area contributed by atoms with Crippen molar-refractivity contribution in [1.29, 1.82) is 0 Å². The number of hydrogen-bond donors (Lipinski definition) is 1. The Kier molecular flexibility index (Phi) is 6.71. The molecule has 3 fully saturated rings. The Morgan fingerprint density at radius 1 is 0.968 bits per heavy atom. The van der Waals surface area contributed by atoms with Crippen LogP contribution in [0.2, 0.25) is 0 Å². The van der Waals surface area contributed by atoms with Crippen LogP contribution < -0.4 is 5.32 Å². The van der Waals surface area contributed by atoms with Gasteiger partial charge < -0.3 is 14.6 Å². The first kappa shape index (κ1) is 22.3. The molecule has 1 aromatic heterocycles. The molecular formula is C22H33N3O5S. The van der Waals surface area contributed by atoms with Gasteiger partial charge in [-0.2, -0.15) is 4.31 Å². The number of carbonyl (C=O) groups is 2. The third-order valence-corrected chi connectivity index (χ3v) is 8.88. The lowest BCUT2D eigenvalue weighted by atomic mass is 9.88. The molecule has 1 saturated carbocycles. The summed E-state index contributed by atoms with van der Waals surface area (Å²) in [4.78, 5) is 27.2. The number of carbonyl (C=O) groups excluding carboxylic acids is 2. The topological polar surface area (TPSA) is 99.9 Å². The van der Waals surface area contributed by atoms with Crippen molar-refractivity contribution in [2.45, 2.75) is 75.6 Å². The van der Waals surface area contributed by atoms with E-state index in [2.05, 4.69) is 5.32 Å². The summed E-state index contributed by atoms with van der Waals surface area (Å²) in [6.07, 6.45) is 8.53. The predicted molar refractivity (Wildman–Crippen MR) is 115 cm³/mol. The summed E-state index contributed by atoms with van der Waals surface area (Å²) in [7, 11) is -3.62. The smallest absolute Gasteiger partial charge is 0.289 e. The van der Waals surface area contributed by atoms with Gasteiger partial charge in [-0.3, -0.25) is 9.59 Å². The van der Waals surface area contributed by atoms with Crippen LogP contribution in [0.25, 0.3) is 0 Å². The summed E-state index contributed by atoms with van der Waals surface area (Å²) >= 11 is 0. The highest BCUT2D eigenvalue weighted by Crippen LogP contribution is 2.28. The first-order valence-corrected chi connectivity index (χ1v) is 13.0. The van der Waals surface area contributed by atoms with Crippen molar-refractivity contribution >= 4 is 21.8 Å². The van der Waals surface area contributed by atoms with E-state index in [1.165, 1.54) is 16.8 Å². The van der Waals surface area contributed by atoms with E-state index in [1.807, 2.05) is 0 Å². The first-order chi connectivity index (χ1) is 14.9. The minimum atomic E-state index is -3.62. The lowest BCUT2D eigenvalue weighted by molar-refractivity contribution is -0.126. The fourth-order valence-electron chi connectivity index (χ4n) is 4.96. The molecule has 0 atom stereocenters. The van der Waals surface area contributed by atoms with Crippen LogP contribution in [0, 0.1) is 12.8 Å². The van der Waals surface area contributed by atoms with Crippen molar-refractivity contribution < 1.29 is 22.4 Å². The molecule has 9 heteroatoms. The Balaban J connectivity index is 1.34. The quantitative estimate of drug-likeness (QED) is 0.742. The van der Waals surface area contributed by atoms with Crippen molar-refractivity contribution in [2.24, 2.45) is 5.92 Å². The second-order valence-electron chi connectivity index (χ2n) is 9.05. The molecule has 2 amide bonds. The fraction of sp³-hybridized carbons (Fsp3) is 0.727. The molecule has 1 aromatic rings. The molecule has 4 rings (SSSR count). The zero-order valence-corrected chi connectivity index (χ0v) is 19.1. The maximum Gasteiger partial charge on any atom is 0.289 e. The molecule has 172 valence electrons. The van der Waals surface area contributed by atoms with Gasteiger partial charge in [0.1, 0.15) is 10.7 Å². The van der Waals surface area contributed by atoms with Crippen LogP contribution in [0.5, 0.6) is 0 Å². The van der Waals surface area contributed by atoms with Gasteiger partial charge in [0.15, 0.2) is 5.76 Å². The standard InChI is InChI=1S/C22H33N3O5S/c1-16-20(31(28,29)25-11-5-6-12-25)15-19(30-16)22(27)24-13-9-18(10-14-24)23-21(26)17-7-3-2-4-8-17/h15,17-18H,2-14H2,1H3,(H,23,26).